The van der Waals surface area contributed by atoms with Crippen molar-refractivity contribution in [2.45, 2.75) is 19.8 Å². The Hall–Kier alpha value is -0.340. The van der Waals surface area contributed by atoms with Gasteiger partial charge in [0.15, 0.2) is 0 Å². The van der Waals surface area contributed by atoms with Gasteiger partial charge in [-0.3, -0.25) is 0 Å². The Morgan fingerprint density at radius 1 is 1.62 bits per heavy atom. The van der Waals surface area contributed by atoms with Gasteiger partial charge in [0.05, 0.1) is 0 Å². The third-order valence-electron chi connectivity index (χ3n) is 3.22. The second kappa shape index (κ2) is 4.77. The first-order valence-electron chi connectivity index (χ1n) is 5.27. The van der Waals surface area contributed by atoms with E-state index in [4.69, 9.17) is 0 Å². The standard InChI is InChI=1S/C11H22N2/c1-4-11(6-8-12-3)7-9-13(5-2)10-11/h4,12H,1,5-10H2,2-3H3/t11-/m1/s1. The Labute approximate surface area is 82.0 Å². The molecule has 0 unspecified atom stereocenters. The summed E-state index contributed by atoms with van der Waals surface area (Å²) in [5.41, 5.74) is 0.388. The van der Waals surface area contributed by atoms with Crippen molar-refractivity contribution in [3.63, 3.8) is 0 Å². The summed E-state index contributed by atoms with van der Waals surface area (Å²) >= 11 is 0. The van der Waals surface area contributed by atoms with Crippen LogP contribution in [0.15, 0.2) is 12.7 Å². The molecular formula is C11H22N2. The molecule has 13 heavy (non-hydrogen) atoms. The van der Waals surface area contributed by atoms with E-state index in [0.717, 1.165) is 6.54 Å². The molecule has 1 fully saturated rings. The van der Waals surface area contributed by atoms with Crippen LogP contribution in [0.1, 0.15) is 19.8 Å². The SMILES string of the molecule is C=C[C@@]1(CCNC)CCN(CC)C1. The van der Waals surface area contributed by atoms with E-state index in [2.05, 4.69) is 29.8 Å². The minimum atomic E-state index is 0.388. The Morgan fingerprint density at radius 2 is 2.38 bits per heavy atom. The zero-order valence-corrected chi connectivity index (χ0v) is 8.97. The quantitative estimate of drug-likeness (QED) is 0.648. The summed E-state index contributed by atoms with van der Waals surface area (Å²) < 4.78 is 0. The second-order valence-electron chi connectivity index (χ2n) is 4.04. The van der Waals surface area contributed by atoms with Crippen molar-refractivity contribution < 1.29 is 0 Å². The molecule has 1 heterocycles. The van der Waals surface area contributed by atoms with E-state index in [1.54, 1.807) is 0 Å². The van der Waals surface area contributed by atoms with Crippen molar-refractivity contribution in [2.24, 2.45) is 5.41 Å². The van der Waals surface area contributed by atoms with Gasteiger partial charge in [-0.25, -0.2) is 0 Å². The Kier molecular flexibility index (Phi) is 3.94. The molecule has 0 radical (unpaired) electrons. The molecule has 0 saturated carbocycles. The molecule has 0 bridgehead atoms. The van der Waals surface area contributed by atoms with Gasteiger partial charge >= 0.3 is 0 Å². The summed E-state index contributed by atoms with van der Waals surface area (Å²) in [7, 11) is 2.02. The van der Waals surface area contributed by atoms with Crippen molar-refractivity contribution in [3.05, 3.63) is 12.7 Å². The number of nitrogens with one attached hydrogen (secondary N) is 1. The van der Waals surface area contributed by atoms with Gasteiger partial charge in [-0.1, -0.05) is 13.0 Å². The lowest BCUT2D eigenvalue weighted by Crippen LogP contribution is -2.28. The van der Waals surface area contributed by atoms with Crippen molar-refractivity contribution in [2.75, 3.05) is 33.2 Å². The molecule has 1 atom stereocenters. The zero-order chi connectivity index (χ0) is 9.73. The van der Waals surface area contributed by atoms with Gasteiger partial charge in [0.2, 0.25) is 0 Å². The van der Waals surface area contributed by atoms with Crippen molar-refractivity contribution in [3.8, 4) is 0 Å². The molecule has 0 aromatic rings. The summed E-state index contributed by atoms with van der Waals surface area (Å²) in [5, 5.41) is 3.22. The Balaban J connectivity index is 2.47. The minimum absolute atomic E-state index is 0.388. The third kappa shape index (κ3) is 2.55. The molecule has 0 amide bonds. The van der Waals surface area contributed by atoms with Crippen LogP contribution in [0.4, 0.5) is 0 Å². The van der Waals surface area contributed by atoms with Crippen LogP contribution in [0.2, 0.25) is 0 Å². The minimum Gasteiger partial charge on any atom is -0.320 e. The van der Waals surface area contributed by atoms with Crippen molar-refractivity contribution >= 4 is 0 Å². The van der Waals surface area contributed by atoms with Crippen LogP contribution in [0.5, 0.6) is 0 Å². The second-order valence-corrected chi connectivity index (χ2v) is 4.04. The number of nitrogens with zero attached hydrogens (tertiary/aromatic N) is 1. The average molecular weight is 182 g/mol. The Morgan fingerprint density at radius 3 is 2.85 bits per heavy atom. The summed E-state index contributed by atoms with van der Waals surface area (Å²) in [6, 6.07) is 0. The van der Waals surface area contributed by atoms with Crippen LogP contribution in [0, 0.1) is 5.41 Å². The van der Waals surface area contributed by atoms with Crippen LogP contribution in [-0.2, 0) is 0 Å². The van der Waals surface area contributed by atoms with Crippen LogP contribution in [0.25, 0.3) is 0 Å². The van der Waals surface area contributed by atoms with Crippen LogP contribution in [-0.4, -0.2) is 38.1 Å². The smallest absolute Gasteiger partial charge is 0.00734 e. The summed E-state index contributed by atoms with van der Waals surface area (Å²) in [4.78, 5) is 2.51. The predicted molar refractivity (Wildman–Crippen MR) is 57.9 cm³/mol. The fraction of sp³-hybridized carbons (Fsp3) is 0.818. The first-order valence-corrected chi connectivity index (χ1v) is 5.27. The topological polar surface area (TPSA) is 15.3 Å². The monoisotopic (exact) mass is 182 g/mol. The van der Waals surface area contributed by atoms with Gasteiger partial charge in [-0.05, 0) is 39.5 Å². The Bertz CT molecular complexity index is 167. The fourth-order valence-corrected chi connectivity index (χ4v) is 2.10. The number of hydrogen-bond donors (Lipinski definition) is 1. The highest BCUT2D eigenvalue weighted by atomic mass is 15.1. The van der Waals surface area contributed by atoms with E-state index in [-0.39, 0.29) is 0 Å². The lowest BCUT2D eigenvalue weighted by atomic mass is 9.84. The molecule has 76 valence electrons. The summed E-state index contributed by atoms with van der Waals surface area (Å²) in [6.45, 7) is 10.9. The average Bonchev–Trinajstić information content (AvgIpc) is 2.59. The largest absolute Gasteiger partial charge is 0.320 e. The van der Waals surface area contributed by atoms with Crippen molar-refractivity contribution in [1.82, 2.24) is 10.2 Å². The molecule has 0 aromatic heterocycles. The van der Waals surface area contributed by atoms with Gasteiger partial charge < -0.3 is 10.2 Å². The lowest BCUT2D eigenvalue weighted by Gasteiger charge is -2.25. The molecule has 2 nitrogen and oxygen atoms in total. The number of hydrogen-bond acceptors (Lipinski definition) is 2. The molecule has 2 heteroatoms. The molecule has 0 spiro atoms. The molecule has 1 N–H and O–H groups in total. The van der Waals surface area contributed by atoms with E-state index >= 15 is 0 Å². The van der Waals surface area contributed by atoms with E-state index in [9.17, 15) is 0 Å². The van der Waals surface area contributed by atoms with Gasteiger partial charge in [0, 0.05) is 12.0 Å². The molecule has 0 aliphatic carbocycles. The first kappa shape index (κ1) is 10.7. The molecule has 1 rings (SSSR count). The van der Waals surface area contributed by atoms with Crippen LogP contribution in [0.3, 0.4) is 0 Å². The molecule has 1 aliphatic rings. The molecule has 0 aromatic carbocycles. The highest BCUT2D eigenvalue weighted by Gasteiger charge is 2.33. The van der Waals surface area contributed by atoms with Crippen molar-refractivity contribution in [1.29, 1.82) is 0 Å². The van der Waals surface area contributed by atoms with Gasteiger partial charge in [-0.2, -0.15) is 0 Å². The molecule has 1 saturated heterocycles. The highest BCUT2D eigenvalue weighted by molar-refractivity contribution is 5.01. The van der Waals surface area contributed by atoms with E-state index in [0.29, 0.717) is 5.41 Å². The van der Waals surface area contributed by atoms with Crippen LogP contribution >= 0.6 is 0 Å². The van der Waals surface area contributed by atoms with E-state index in [1.165, 1.54) is 32.5 Å². The fourth-order valence-electron chi connectivity index (χ4n) is 2.10. The third-order valence-corrected chi connectivity index (χ3v) is 3.22. The molecule has 1 aliphatic heterocycles. The van der Waals surface area contributed by atoms with Gasteiger partial charge in [0.25, 0.3) is 0 Å². The van der Waals surface area contributed by atoms with E-state index < -0.39 is 0 Å². The maximum absolute atomic E-state index is 3.98. The molecular weight excluding hydrogens is 160 g/mol. The number of likely N-dealkylation sites (tertiary alicyclic amines) is 1. The maximum atomic E-state index is 3.98. The summed E-state index contributed by atoms with van der Waals surface area (Å²) in [6.07, 6.45) is 4.68. The maximum Gasteiger partial charge on any atom is 0.00734 e. The van der Waals surface area contributed by atoms with E-state index in [1.807, 2.05) is 7.05 Å². The zero-order valence-electron chi connectivity index (χ0n) is 8.97. The first-order chi connectivity index (χ1) is 6.26. The number of rotatable bonds is 5. The normalized spacial score (nSPS) is 29.4. The lowest BCUT2D eigenvalue weighted by molar-refractivity contribution is 0.298. The summed E-state index contributed by atoms with van der Waals surface area (Å²) in [5.74, 6) is 0. The predicted octanol–water partition coefficient (Wildman–Crippen LogP) is 1.49. The van der Waals surface area contributed by atoms with Crippen LogP contribution < -0.4 is 5.32 Å². The van der Waals surface area contributed by atoms with Gasteiger partial charge in [-0.15, -0.1) is 6.58 Å². The highest BCUT2D eigenvalue weighted by Crippen LogP contribution is 2.34. The van der Waals surface area contributed by atoms with Gasteiger partial charge in [0.1, 0.15) is 0 Å².